The molecular weight excluding hydrogens is 223 g/mol. The summed E-state index contributed by atoms with van der Waals surface area (Å²) < 4.78 is 1.57. The SMILES string of the molecule is Cc1cc(=O)n(CC=C(Cl)Cl)cc1N. The highest BCUT2D eigenvalue weighted by Gasteiger charge is 1.99. The van der Waals surface area contributed by atoms with Gasteiger partial charge in [-0.05, 0) is 18.6 Å². The standard InChI is InChI=1S/C9H10Cl2N2O/c1-6-4-9(14)13(5-7(6)12)3-2-8(10)11/h2,4-5H,3,12H2,1H3. The summed E-state index contributed by atoms with van der Waals surface area (Å²) in [6, 6.07) is 1.48. The van der Waals surface area contributed by atoms with Gasteiger partial charge >= 0.3 is 0 Å². The van der Waals surface area contributed by atoms with Crippen molar-refractivity contribution in [2.75, 3.05) is 5.73 Å². The third kappa shape index (κ3) is 2.79. The largest absolute Gasteiger partial charge is 0.397 e. The van der Waals surface area contributed by atoms with Gasteiger partial charge in [0.2, 0.25) is 0 Å². The molecule has 1 heterocycles. The van der Waals surface area contributed by atoms with Gasteiger partial charge in [-0.25, -0.2) is 0 Å². The third-order valence-corrected chi connectivity index (χ3v) is 2.12. The maximum atomic E-state index is 11.4. The van der Waals surface area contributed by atoms with Crippen molar-refractivity contribution in [2.45, 2.75) is 13.5 Å². The highest BCUT2D eigenvalue weighted by atomic mass is 35.5. The van der Waals surface area contributed by atoms with Crippen LogP contribution in [0.2, 0.25) is 0 Å². The summed E-state index contributed by atoms with van der Waals surface area (Å²) in [6.07, 6.45) is 3.10. The molecule has 2 N–H and O–H groups in total. The minimum Gasteiger partial charge on any atom is -0.397 e. The van der Waals surface area contributed by atoms with Crippen LogP contribution in [-0.4, -0.2) is 4.57 Å². The van der Waals surface area contributed by atoms with Crippen molar-refractivity contribution >= 4 is 28.9 Å². The minimum absolute atomic E-state index is 0.123. The molecule has 0 unspecified atom stereocenters. The first-order valence-electron chi connectivity index (χ1n) is 3.98. The van der Waals surface area contributed by atoms with Crippen molar-refractivity contribution in [3.63, 3.8) is 0 Å². The molecular formula is C9H10Cl2N2O. The number of nitrogens with zero attached hydrogens (tertiary/aromatic N) is 1. The molecule has 14 heavy (non-hydrogen) atoms. The summed E-state index contributed by atoms with van der Waals surface area (Å²) in [7, 11) is 0. The Bertz CT molecular complexity index is 419. The highest BCUT2D eigenvalue weighted by molar-refractivity contribution is 6.55. The first kappa shape index (κ1) is 11.1. The molecule has 0 radical (unpaired) electrons. The van der Waals surface area contributed by atoms with Crippen molar-refractivity contribution in [3.05, 3.63) is 38.7 Å². The maximum absolute atomic E-state index is 11.4. The summed E-state index contributed by atoms with van der Waals surface area (Å²) in [5.74, 6) is 0. The monoisotopic (exact) mass is 232 g/mol. The van der Waals surface area contributed by atoms with E-state index in [0.717, 1.165) is 5.56 Å². The van der Waals surface area contributed by atoms with Crippen LogP contribution in [0.15, 0.2) is 27.6 Å². The summed E-state index contributed by atoms with van der Waals surface area (Å²) >= 11 is 10.9. The lowest BCUT2D eigenvalue weighted by Crippen LogP contribution is -2.19. The summed E-state index contributed by atoms with van der Waals surface area (Å²) in [5, 5.41) is 0. The number of nitrogens with two attached hydrogens (primary N) is 1. The van der Waals surface area contributed by atoms with E-state index >= 15 is 0 Å². The Morgan fingerprint density at radius 3 is 2.86 bits per heavy atom. The zero-order valence-electron chi connectivity index (χ0n) is 7.63. The lowest BCUT2D eigenvalue weighted by molar-refractivity contribution is 0.779. The number of pyridine rings is 1. The van der Waals surface area contributed by atoms with Gasteiger partial charge in [0.25, 0.3) is 5.56 Å². The molecule has 76 valence electrons. The Morgan fingerprint density at radius 1 is 1.64 bits per heavy atom. The molecule has 0 aliphatic heterocycles. The van der Waals surface area contributed by atoms with Crippen LogP contribution < -0.4 is 11.3 Å². The Kier molecular flexibility index (Phi) is 3.61. The molecule has 0 atom stereocenters. The topological polar surface area (TPSA) is 48.0 Å². The van der Waals surface area contributed by atoms with Crippen molar-refractivity contribution in [1.82, 2.24) is 4.57 Å². The van der Waals surface area contributed by atoms with E-state index in [1.54, 1.807) is 13.1 Å². The fourth-order valence-corrected chi connectivity index (χ4v) is 1.13. The predicted octanol–water partition coefficient (Wildman–Crippen LogP) is 2.06. The van der Waals surface area contributed by atoms with Gasteiger partial charge in [0.05, 0.1) is 5.69 Å². The Balaban J connectivity index is 3.05. The van der Waals surface area contributed by atoms with Crippen LogP contribution in [0.1, 0.15) is 5.56 Å². The molecule has 1 aromatic rings. The number of hydrogen-bond acceptors (Lipinski definition) is 2. The van der Waals surface area contributed by atoms with Gasteiger partial charge in [-0.2, -0.15) is 0 Å². The van der Waals surface area contributed by atoms with Crippen molar-refractivity contribution < 1.29 is 0 Å². The first-order valence-corrected chi connectivity index (χ1v) is 4.74. The van der Waals surface area contributed by atoms with E-state index in [2.05, 4.69) is 0 Å². The number of anilines is 1. The molecule has 0 aromatic carbocycles. The molecule has 0 saturated heterocycles. The van der Waals surface area contributed by atoms with Gasteiger partial charge in [-0.3, -0.25) is 4.79 Å². The average molecular weight is 233 g/mol. The van der Waals surface area contributed by atoms with Crippen LogP contribution in [0.3, 0.4) is 0 Å². The van der Waals surface area contributed by atoms with Crippen LogP contribution in [0.5, 0.6) is 0 Å². The number of hydrogen-bond donors (Lipinski definition) is 1. The van der Waals surface area contributed by atoms with E-state index in [1.165, 1.54) is 16.7 Å². The van der Waals surface area contributed by atoms with Gasteiger partial charge in [0.15, 0.2) is 0 Å². The van der Waals surface area contributed by atoms with Crippen LogP contribution in [0, 0.1) is 6.92 Å². The van der Waals surface area contributed by atoms with Crippen molar-refractivity contribution in [2.24, 2.45) is 0 Å². The van der Waals surface area contributed by atoms with E-state index in [0.29, 0.717) is 12.2 Å². The quantitative estimate of drug-likeness (QED) is 0.849. The van der Waals surface area contributed by atoms with Gasteiger partial charge in [0.1, 0.15) is 4.49 Å². The molecule has 0 saturated carbocycles. The second kappa shape index (κ2) is 4.53. The van der Waals surface area contributed by atoms with Crippen molar-refractivity contribution in [3.8, 4) is 0 Å². The number of rotatable bonds is 2. The van der Waals surface area contributed by atoms with E-state index < -0.39 is 0 Å². The molecule has 1 aromatic heterocycles. The fourth-order valence-electron chi connectivity index (χ4n) is 0.995. The Hall–Kier alpha value is -0.930. The van der Waals surface area contributed by atoms with Crippen LogP contribution >= 0.6 is 23.2 Å². The zero-order valence-corrected chi connectivity index (χ0v) is 9.14. The zero-order chi connectivity index (χ0) is 10.7. The van der Waals surface area contributed by atoms with Gasteiger partial charge < -0.3 is 10.3 Å². The predicted molar refractivity (Wildman–Crippen MR) is 59.6 cm³/mol. The van der Waals surface area contributed by atoms with E-state index in [1.807, 2.05) is 0 Å². The van der Waals surface area contributed by atoms with E-state index in [-0.39, 0.29) is 10.1 Å². The maximum Gasteiger partial charge on any atom is 0.251 e. The van der Waals surface area contributed by atoms with Crippen molar-refractivity contribution in [1.29, 1.82) is 0 Å². The summed E-state index contributed by atoms with van der Waals surface area (Å²) in [5.41, 5.74) is 6.87. The molecule has 5 heteroatoms. The minimum atomic E-state index is -0.123. The Morgan fingerprint density at radius 2 is 2.29 bits per heavy atom. The third-order valence-electron chi connectivity index (χ3n) is 1.82. The fraction of sp³-hybridized carbons (Fsp3) is 0.222. The number of aryl methyl sites for hydroxylation is 1. The number of allylic oxidation sites excluding steroid dienone is 1. The number of nitrogen functional groups attached to an aromatic ring is 1. The molecule has 3 nitrogen and oxygen atoms in total. The molecule has 0 amide bonds. The van der Waals surface area contributed by atoms with Gasteiger partial charge in [0, 0.05) is 18.8 Å². The molecule has 1 rings (SSSR count). The van der Waals surface area contributed by atoms with Crippen LogP contribution in [0.25, 0.3) is 0 Å². The lowest BCUT2D eigenvalue weighted by Gasteiger charge is -2.05. The molecule has 0 bridgehead atoms. The lowest BCUT2D eigenvalue weighted by atomic mass is 10.2. The van der Waals surface area contributed by atoms with E-state index in [4.69, 9.17) is 28.9 Å². The Labute approximate surface area is 91.7 Å². The number of halogens is 2. The van der Waals surface area contributed by atoms with Crippen LogP contribution in [0.4, 0.5) is 5.69 Å². The summed E-state index contributed by atoms with van der Waals surface area (Å²) in [6.45, 7) is 2.11. The average Bonchev–Trinajstić information content (AvgIpc) is 2.09. The summed E-state index contributed by atoms with van der Waals surface area (Å²) in [4.78, 5) is 11.4. The highest BCUT2D eigenvalue weighted by Crippen LogP contribution is 2.08. The second-order valence-electron chi connectivity index (χ2n) is 2.90. The normalized spacial score (nSPS) is 9.93. The molecule has 0 spiro atoms. The molecule has 0 fully saturated rings. The number of aromatic nitrogens is 1. The molecule has 0 aliphatic carbocycles. The van der Waals surface area contributed by atoms with Crippen LogP contribution in [-0.2, 0) is 6.54 Å². The van der Waals surface area contributed by atoms with Gasteiger partial charge in [-0.1, -0.05) is 23.2 Å². The molecule has 0 aliphatic rings. The smallest absolute Gasteiger partial charge is 0.251 e. The van der Waals surface area contributed by atoms with Gasteiger partial charge in [-0.15, -0.1) is 0 Å². The van der Waals surface area contributed by atoms with E-state index in [9.17, 15) is 4.79 Å². The second-order valence-corrected chi connectivity index (χ2v) is 3.90. The first-order chi connectivity index (χ1) is 6.50.